The van der Waals surface area contributed by atoms with Gasteiger partial charge >= 0.3 is 0 Å². The van der Waals surface area contributed by atoms with Gasteiger partial charge in [-0.25, -0.2) is 4.98 Å². The van der Waals surface area contributed by atoms with E-state index in [9.17, 15) is 0 Å². The first-order valence-electron chi connectivity index (χ1n) is 9.93. The van der Waals surface area contributed by atoms with E-state index in [4.69, 9.17) is 4.98 Å². The summed E-state index contributed by atoms with van der Waals surface area (Å²) in [6.07, 6.45) is 26.0. The third kappa shape index (κ3) is 5.76. The van der Waals surface area contributed by atoms with Gasteiger partial charge in [-0.15, -0.1) is 0 Å². The smallest absolute Gasteiger partial charge is 0.159 e. The molecule has 0 spiro atoms. The second kappa shape index (κ2) is 10.8. The molecule has 1 unspecified atom stereocenters. The lowest BCUT2D eigenvalue weighted by Crippen LogP contribution is -2.09. The molecular weight excluding hydrogens is 354 g/mol. The summed E-state index contributed by atoms with van der Waals surface area (Å²) in [5.41, 5.74) is 3.01. The Morgan fingerprint density at radius 2 is 2.10 bits per heavy atom. The van der Waals surface area contributed by atoms with Crippen LogP contribution < -0.4 is 0 Å². The van der Waals surface area contributed by atoms with Crippen LogP contribution in [0.5, 0.6) is 0 Å². The fraction of sp³-hybridized carbons (Fsp3) is 0.154. The predicted octanol–water partition coefficient (Wildman–Crippen LogP) is 6.37. The van der Waals surface area contributed by atoms with Gasteiger partial charge in [-0.05, 0) is 31.4 Å². The van der Waals surface area contributed by atoms with Crippen LogP contribution in [0.4, 0.5) is 0 Å². The summed E-state index contributed by atoms with van der Waals surface area (Å²) >= 11 is 0. The number of benzene rings is 1. The molecule has 29 heavy (non-hydrogen) atoms. The van der Waals surface area contributed by atoms with E-state index in [1.165, 1.54) is 5.56 Å². The fourth-order valence-electron chi connectivity index (χ4n) is 3.14. The van der Waals surface area contributed by atoms with E-state index < -0.39 is 0 Å². The lowest BCUT2D eigenvalue weighted by molar-refractivity contribution is 0.599. The zero-order valence-corrected chi connectivity index (χ0v) is 16.9. The quantitative estimate of drug-likeness (QED) is 0.386. The molecular formula is C26H27N3. The monoisotopic (exact) mass is 381 g/mol. The first kappa shape index (κ1) is 20.3. The van der Waals surface area contributed by atoms with Gasteiger partial charge in [-0.1, -0.05) is 91.6 Å². The minimum absolute atomic E-state index is 0.227. The van der Waals surface area contributed by atoms with Crippen LogP contribution >= 0.6 is 0 Å². The molecule has 146 valence electrons. The SMILES string of the molecule is C=CC=N/C(=C\Cc1ccccc1)c1nc(/C=C\C=C/C)cn1C1C=CC=CC1. The van der Waals surface area contributed by atoms with Crippen molar-refractivity contribution in [1.29, 1.82) is 0 Å². The predicted molar refractivity (Wildman–Crippen MR) is 125 cm³/mol. The zero-order valence-electron chi connectivity index (χ0n) is 16.9. The third-order valence-electron chi connectivity index (χ3n) is 4.56. The van der Waals surface area contributed by atoms with Crippen molar-refractivity contribution in [2.45, 2.75) is 25.8 Å². The van der Waals surface area contributed by atoms with Crippen molar-refractivity contribution in [3.63, 3.8) is 0 Å². The van der Waals surface area contributed by atoms with E-state index in [1.807, 2.05) is 37.3 Å². The van der Waals surface area contributed by atoms with Gasteiger partial charge in [0.25, 0.3) is 0 Å². The molecule has 0 amide bonds. The van der Waals surface area contributed by atoms with Crippen LogP contribution in [0.1, 0.15) is 36.5 Å². The molecule has 0 bridgehead atoms. The van der Waals surface area contributed by atoms with E-state index in [2.05, 4.69) is 77.0 Å². The summed E-state index contributed by atoms with van der Waals surface area (Å²) < 4.78 is 2.21. The van der Waals surface area contributed by atoms with Crippen LogP contribution in [0, 0.1) is 0 Å². The molecule has 0 N–H and O–H groups in total. The molecule has 3 nitrogen and oxygen atoms in total. The summed E-state index contributed by atoms with van der Waals surface area (Å²) in [7, 11) is 0. The van der Waals surface area contributed by atoms with Crippen molar-refractivity contribution >= 4 is 18.0 Å². The number of allylic oxidation sites excluding steroid dienone is 9. The van der Waals surface area contributed by atoms with E-state index >= 15 is 0 Å². The Kier molecular flexibility index (Phi) is 7.53. The summed E-state index contributed by atoms with van der Waals surface area (Å²) in [5.74, 6) is 0.865. The number of hydrogen-bond acceptors (Lipinski definition) is 2. The molecule has 0 saturated heterocycles. The second-order valence-electron chi connectivity index (χ2n) is 6.69. The van der Waals surface area contributed by atoms with Crippen LogP contribution in [0.25, 0.3) is 11.8 Å². The van der Waals surface area contributed by atoms with Crippen molar-refractivity contribution in [1.82, 2.24) is 9.55 Å². The molecule has 1 heterocycles. The first-order chi connectivity index (χ1) is 14.3. The molecule has 1 aliphatic rings. The highest BCUT2D eigenvalue weighted by Crippen LogP contribution is 2.26. The standard InChI is InChI=1S/C26H27N3/c1-3-5-8-15-23-21-29(24-16-11-7-12-17-24)26(28-23)25(27-20-4-2)19-18-22-13-9-6-10-14-22/h3-16,19-21,24H,2,17-18H2,1H3/b5-3-,15-8-,25-19-,27-20?. The molecule has 2 aromatic rings. The third-order valence-corrected chi connectivity index (χ3v) is 4.56. The van der Waals surface area contributed by atoms with E-state index in [-0.39, 0.29) is 6.04 Å². The maximum atomic E-state index is 4.89. The average molecular weight is 382 g/mol. The molecule has 1 aromatic heterocycles. The van der Waals surface area contributed by atoms with Gasteiger partial charge in [0.05, 0.1) is 11.7 Å². The Bertz CT molecular complexity index is 982. The van der Waals surface area contributed by atoms with Crippen LogP contribution in [0.2, 0.25) is 0 Å². The summed E-state index contributed by atoms with van der Waals surface area (Å²) in [4.78, 5) is 9.54. The Hall–Kier alpha value is -3.46. The van der Waals surface area contributed by atoms with Gasteiger partial charge in [-0.3, -0.25) is 4.99 Å². The lowest BCUT2D eigenvalue weighted by Gasteiger charge is -2.17. The first-order valence-corrected chi connectivity index (χ1v) is 9.93. The van der Waals surface area contributed by atoms with Crippen LogP contribution in [0.3, 0.4) is 0 Å². The van der Waals surface area contributed by atoms with Gasteiger partial charge in [0, 0.05) is 12.4 Å². The van der Waals surface area contributed by atoms with E-state index in [1.54, 1.807) is 12.3 Å². The highest BCUT2D eigenvalue weighted by atomic mass is 15.1. The Labute approximate surface area is 173 Å². The Balaban J connectivity index is 2.01. The summed E-state index contributed by atoms with van der Waals surface area (Å²) in [5, 5.41) is 0. The van der Waals surface area contributed by atoms with Crippen molar-refractivity contribution < 1.29 is 0 Å². The van der Waals surface area contributed by atoms with Gasteiger partial charge in [0.2, 0.25) is 0 Å². The molecule has 0 aliphatic heterocycles. The number of aromatic nitrogens is 2. The number of hydrogen-bond donors (Lipinski definition) is 0. The highest BCUT2D eigenvalue weighted by Gasteiger charge is 2.17. The molecule has 0 saturated carbocycles. The minimum atomic E-state index is 0.227. The largest absolute Gasteiger partial charge is 0.322 e. The Morgan fingerprint density at radius 3 is 2.83 bits per heavy atom. The maximum absolute atomic E-state index is 4.89. The van der Waals surface area contributed by atoms with Gasteiger partial charge in [0.15, 0.2) is 5.82 Å². The molecule has 1 atom stereocenters. The van der Waals surface area contributed by atoms with Crippen molar-refractivity contribution in [3.8, 4) is 0 Å². The zero-order chi connectivity index (χ0) is 20.3. The molecule has 0 radical (unpaired) electrons. The number of rotatable bonds is 8. The molecule has 1 aromatic carbocycles. The number of imidazole rings is 1. The topological polar surface area (TPSA) is 30.2 Å². The number of aliphatic imine (C=N–C) groups is 1. The van der Waals surface area contributed by atoms with Gasteiger partial charge < -0.3 is 4.57 Å². The van der Waals surface area contributed by atoms with Gasteiger partial charge in [0.1, 0.15) is 5.70 Å². The molecule has 0 fully saturated rings. The van der Waals surface area contributed by atoms with Crippen molar-refractivity contribution in [3.05, 3.63) is 115 Å². The lowest BCUT2D eigenvalue weighted by atomic mass is 10.1. The van der Waals surface area contributed by atoms with Crippen LogP contribution in [-0.2, 0) is 6.42 Å². The van der Waals surface area contributed by atoms with E-state index in [0.717, 1.165) is 30.1 Å². The fourth-order valence-corrected chi connectivity index (χ4v) is 3.14. The summed E-state index contributed by atoms with van der Waals surface area (Å²) in [6, 6.07) is 10.6. The maximum Gasteiger partial charge on any atom is 0.159 e. The second-order valence-corrected chi connectivity index (χ2v) is 6.69. The molecule has 1 aliphatic carbocycles. The van der Waals surface area contributed by atoms with Crippen molar-refractivity contribution in [2.75, 3.05) is 0 Å². The molecule has 3 heteroatoms. The number of nitrogens with zero attached hydrogens (tertiary/aromatic N) is 3. The van der Waals surface area contributed by atoms with Crippen LogP contribution in [0.15, 0.2) is 103 Å². The Morgan fingerprint density at radius 1 is 1.24 bits per heavy atom. The normalized spacial score (nSPS) is 17.1. The minimum Gasteiger partial charge on any atom is -0.322 e. The summed E-state index contributed by atoms with van der Waals surface area (Å²) in [6.45, 7) is 5.77. The van der Waals surface area contributed by atoms with Crippen LogP contribution in [-0.4, -0.2) is 15.8 Å². The van der Waals surface area contributed by atoms with Crippen molar-refractivity contribution in [2.24, 2.45) is 4.99 Å². The highest BCUT2D eigenvalue weighted by molar-refractivity contribution is 5.78. The average Bonchev–Trinajstić information content (AvgIpc) is 3.19. The van der Waals surface area contributed by atoms with Gasteiger partial charge in [-0.2, -0.15) is 0 Å². The molecule has 3 rings (SSSR count). The van der Waals surface area contributed by atoms with E-state index in [0.29, 0.717) is 0 Å².